The molecule has 1 aromatic rings. The minimum atomic E-state index is -0.236. The number of piperazine rings is 1. The van der Waals surface area contributed by atoms with Crippen LogP contribution in [0.3, 0.4) is 0 Å². The summed E-state index contributed by atoms with van der Waals surface area (Å²) < 4.78 is 5.03. The highest BCUT2D eigenvalue weighted by Crippen LogP contribution is 2.20. The highest BCUT2D eigenvalue weighted by Gasteiger charge is 2.21. The summed E-state index contributed by atoms with van der Waals surface area (Å²) in [7, 11) is 0. The summed E-state index contributed by atoms with van der Waals surface area (Å²) in [6.07, 6.45) is 0.290. The summed E-state index contributed by atoms with van der Waals surface area (Å²) in [5.74, 6) is 0.390. The standard InChI is InChI=1S/C18H27N3O3/c1-4-24-18(23)21-11-9-20(10-12-21)16-7-5-15(6-8-16)19-17(22)13-14(2)3/h5-8,14H,4,9-13H2,1-3H3,(H,19,22). The zero-order valence-electron chi connectivity index (χ0n) is 14.7. The van der Waals surface area contributed by atoms with Gasteiger partial charge in [-0.1, -0.05) is 13.8 Å². The van der Waals surface area contributed by atoms with Gasteiger partial charge in [0.25, 0.3) is 0 Å². The van der Waals surface area contributed by atoms with Crippen molar-refractivity contribution in [3.05, 3.63) is 24.3 Å². The first-order chi connectivity index (χ1) is 11.5. The number of ether oxygens (including phenoxy) is 1. The van der Waals surface area contributed by atoms with Crippen molar-refractivity contribution in [3.63, 3.8) is 0 Å². The molecule has 6 heteroatoms. The number of hydrogen-bond acceptors (Lipinski definition) is 4. The van der Waals surface area contributed by atoms with Crippen molar-refractivity contribution in [1.29, 1.82) is 0 Å². The zero-order valence-corrected chi connectivity index (χ0v) is 14.7. The first kappa shape index (κ1) is 18.1. The Morgan fingerprint density at radius 2 is 1.75 bits per heavy atom. The van der Waals surface area contributed by atoms with Crippen LogP contribution in [0.1, 0.15) is 27.2 Å². The van der Waals surface area contributed by atoms with E-state index in [1.54, 1.807) is 4.90 Å². The molecule has 1 fully saturated rings. The summed E-state index contributed by atoms with van der Waals surface area (Å²) in [5, 5.41) is 2.91. The van der Waals surface area contributed by atoms with Crippen LogP contribution >= 0.6 is 0 Å². The number of nitrogens with one attached hydrogen (secondary N) is 1. The second kappa shape index (κ2) is 8.57. The molecule has 2 amide bonds. The van der Waals surface area contributed by atoms with Gasteiger partial charge in [-0.3, -0.25) is 4.79 Å². The van der Waals surface area contributed by atoms with E-state index in [0.717, 1.165) is 24.5 Å². The van der Waals surface area contributed by atoms with Crippen LogP contribution < -0.4 is 10.2 Å². The minimum absolute atomic E-state index is 0.0424. The van der Waals surface area contributed by atoms with Gasteiger partial charge in [0.1, 0.15) is 0 Å². The molecule has 1 aliphatic heterocycles. The molecule has 0 saturated carbocycles. The SMILES string of the molecule is CCOC(=O)N1CCN(c2ccc(NC(=O)CC(C)C)cc2)CC1. The molecular formula is C18H27N3O3. The average molecular weight is 333 g/mol. The third kappa shape index (κ3) is 5.15. The van der Waals surface area contributed by atoms with Crippen LogP contribution in [0.4, 0.5) is 16.2 Å². The minimum Gasteiger partial charge on any atom is -0.450 e. The van der Waals surface area contributed by atoms with Crippen molar-refractivity contribution in [2.75, 3.05) is 43.0 Å². The lowest BCUT2D eigenvalue weighted by molar-refractivity contribution is -0.116. The molecule has 2 rings (SSSR count). The van der Waals surface area contributed by atoms with Crippen LogP contribution in [0.25, 0.3) is 0 Å². The Morgan fingerprint density at radius 3 is 2.29 bits per heavy atom. The van der Waals surface area contributed by atoms with Gasteiger partial charge in [-0.05, 0) is 37.1 Å². The third-order valence-corrected chi connectivity index (χ3v) is 3.92. The molecule has 24 heavy (non-hydrogen) atoms. The Bertz CT molecular complexity index is 549. The summed E-state index contributed by atoms with van der Waals surface area (Å²) in [4.78, 5) is 27.5. The van der Waals surface area contributed by atoms with Crippen molar-refractivity contribution >= 4 is 23.4 Å². The van der Waals surface area contributed by atoms with E-state index in [9.17, 15) is 9.59 Å². The highest BCUT2D eigenvalue weighted by molar-refractivity contribution is 5.91. The predicted molar refractivity (Wildman–Crippen MR) is 95.3 cm³/mol. The van der Waals surface area contributed by atoms with Crippen molar-refractivity contribution in [3.8, 4) is 0 Å². The molecule has 0 aliphatic carbocycles. The maximum absolute atomic E-state index is 11.8. The van der Waals surface area contributed by atoms with Gasteiger partial charge in [-0.25, -0.2) is 4.79 Å². The molecule has 1 N–H and O–H groups in total. The molecule has 0 spiro atoms. The number of carbonyl (C=O) groups is 2. The molecule has 1 heterocycles. The lowest BCUT2D eigenvalue weighted by Gasteiger charge is -2.35. The van der Waals surface area contributed by atoms with E-state index in [4.69, 9.17) is 4.74 Å². The molecule has 6 nitrogen and oxygen atoms in total. The highest BCUT2D eigenvalue weighted by atomic mass is 16.6. The van der Waals surface area contributed by atoms with E-state index in [1.165, 1.54) is 0 Å². The van der Waals surface area contributed by atoms with E-state index < -0.39 is 0 Å². The van der Waals surface area contributed by atoms with Crippen molar-refractivity contribution < 1.29 is 14.3 Å². The van der Waals surface area contributed by atoms with Crippen LogP contribution in [-0.2, 0) is 9.53 Å². The van der Waals surface area contributed by atoms with E-state index in [-0.39, 0.29) is 12.0 Å². The van der Waals surface area contributed by atoms with Crippen LogP contribution in [0, 0.1) is 5.92 Å². The van der Waals surface area contributed by atoms with E-state index in [0.29, 0.717) is 32.0 Å². The number of rotatable bonds is 5. The topological polar surface area (TPSA) is 61.9 Å². The lowest BCUT2D eigenvalue weighted by atomic mass is 10.1. The van der Waals surface area contributed by atoms with Gasteiger partial charge >= 0.3 is 6.09 Å². The Labute approximate surface area is 143 Å². The van der Waals surface area contributed by atoms with Crippen molar-refractivity contribution in [2.24, 2.45) is 5.92 Å². The fraction of sp³-hybridized carbons (Fsp3) is 0.556. The number of benzene rings is 1. The summed E-state index contributed by atoms with van der Waals surface area (Å²) in [6.45, 7) is 9.14. The maximum Gasteiger partial charge on any atom is 0.409 e. The van der Waals surface area contributed by atoms with Crippen molar-refractivity contribution in [2.45, 2.75) is 27.2 Å². The predicted octanol–water partition coefficient (Wildman–Crippen LogP) is 2.95. The molecule has 0 unspecified atom stereocenters. The molecule has 0 radical (unpaired) electrons. The number of anilines is 2. The Morgan fingerprint density at radius 1 is 1.12 bits per heavy atom. The molecule has 0 aromatic heterocycles. The van der Waals surface area contributed by atoms with Gasteiger partial charge in [-0.2, -0.15) is 0 Å². The van der Waals surface area contributed by atoms with E-state index in [2.05, 4.69) is 10.2 Å². The van der Waals surface area contributed by atoms with Crippen LogP contribution in [0.5, 0.6) is 0 Å². The second-order valence-corrected chi connectivity index (χ2v) is 6.37. The molecule has 1 saturated heterocycles. The fourth-order valence-corrected chi connectivity index (χ4v) is 2.70. The Balaban J connectivity index is 1.86. The smallest absolute Gasteiger partial charge is 0.409 e. The summed E-state index contributed by atoms with van der Waals surface area (Å²) >= 11 is 0. The number of carbonyl (C=O) groups excluding carboxylic acids is 2. The third-order valence-electron chi connectivity index (χ3n) is 3.92. The van der Waals surface area contributed by atoms with Crippen molar-refractivity contribution in [1.82, 2.24) is 4.90 Å². The van der Waals surface area contributed by atoms with Gasteiger partial charge in [-0.15, -0.1) is 0 Å². The lowest BCUT2D eigenvalue weighted by Crippen LogP contribution is -2.49. The van der Waals surface area contributed by atoms with Gasteiger partial charge < -0.3 is 19.9 Å². The molecule has 1 aliphatic rings. The molecule has 0 atom stereocenters. The summed E-state index contributed by atoms with van der Waals surface area (Å²) in [6, 6.07) is 7.85. The Hall–Kier alpha value is -2.24. The first-order valence-electron chi connectivity index (χ1n) is 8.56. The van der Waals surface area contributed by atoms with Crippen LogP contribution in [0.15, 0.2) is 24.3 Å². The number of hydrogen-bond donors (Lipinski definition) is 1. The molecular weight excluding hydrogens is 306 g/mol. The maximum atomic E-state index is 11.8. The monoisotopic (exact) mass is 333 g/mol. The van der Waals surface area contributed by atoms with Gasteiger partial charge in [0.05, 0.1) is 6.61 Å². The molecule has 1 aromatic carbocycles. The second-order valence-electron chi connectivity index (χ2n) is 6.37. The molecule has 132 valence electrons. The zero-order chi connectivity index (χ0) is 17.5. The largest absolute Gasteiger partial charge is 0.450 e. The van der Waals surface area contributed by atoms with E-state index >= 15 is 0 Å². The normalized spacial score (nSPS) is 14.7. The first-order valence-corrected chi connectivity index (χ1v) is 8.56. The van der Waals surface area contributed by atoms with E-state index in [1.807, 2.05) is 45.0 Å². The van der Waals surface area contributed by atoms with Crippen LogP contribution in [-0.4, -0.2) is 49.7 Å². The Kier molecular flexibility index (Phi) is 6.46. The average Bonchev–Trinajstić information content (AvgIpc) is 2.55. The molecule has 0 bridgehead atoms. The fourth-order valence-electron chi connectivity index (χ4n) is 2.70. The van der Waals surface area contributed by atoms with Gasteiger partial charge in [0, 0.05) is 44.0 Å². The van der Waals surface area contributed by atoms with Crippen LogP contribution in [0.2, 0.25) is 0 Å². The van der Waals surface area contributed by atoms with Gasteiger partial charge in [0.2, 0.25) is 5.91 Å². The quantitative estimate of drug-likeness (QED) is 0.900. The van der Waals surface area contributed by atoms with Gasteiger partial charge in [0.15, 0.2) is 0 Å². The summed E-state index contributed by atoms with van der Waals surface area (Å²) in [5.41, 5.74) is 1.91. The number of nitrogens with zero attached hydrogens (tertiary/aromatic N) is 2. The number of amides is 2.